The zero-order chi connectivity index (χ0) is 13.5. The number of benzene rings is 1. The summed E-state index contributed by atoms with van der Waals surface area (Å²) in [6, 6.07) is 9.77. The number of nitrogens with zero attached hydrogens (tertiary/aromatic N) is 2. The molecule has 0 spiro atoms. The lowest BCUT2D eigenvalue weighted by Crippen LogP contribution is -2.50. The number of hydrogen-bond acceptors (Lipinski definition) is 2. The van der Waals surface area contributed by atoms with Crippen LogP contribution in [0.1, 0.15) is 39.2 Å². The molecule has 2 nitrogen and oxygen atoms in total. The van der Waals surface area contributed by atoms with E-state index in [1.807, 2.05) is 0 Å². The van der Waals surface area contributed by atoms with E-state index in [4.69, 9.17) is 0 Å². The van der Waals surface area contributed by atoms with Crippen molar-refractivity contribution in [1.82, 2.24) is 4.90 Å². The van der Waals surface area contributed by atoms with Gasteiger partial charge in [0.15, 0.2) is 0 Å². The Morgan fingerprint density at radius 2 is 1.84 bits per heavy atom. The second-order valence-electron chi connectivity index (χ2n) is 7.05. The lowest BCUT2D eigenvalue weighted by atomic mass is 9.85. The molecule has 2 aliphatic heterocycles. The van der Waals surface area contributed by atoms with Gasteiger partial charge in [0.1, 0.15) is 0 Å². The summed E-state index contributed by atoms with van der Waals surface area (Å²) in [5.74, 6) is 0. The first kappa shape index (κ1) is 13.0. The van der Waals surface area contributed by atoms with Gasteiger partial charge in [0, 0.05) is 31.4 Å². The first-order chi connectivity index (χ1) is 9.05. The molecule has 2 heterocycles. The van der Waals surface area contributed by atoms with E-state index >= 15 is 0 Å². The number of rotatable bonds is 1. The highest BCUT2D eigenvalue weighted by Crippen LogP contribution is 2.34. The molecule has 0 saturated carbocycles. The van der Waals surface area contributed by atoms with Gasteiger partial charge in [-0.1, -0.05) is 39.0 Å². The molecule has 2 aliphatic rings. The molecule has 104 valence electrons. The monoisotopic (exact) mass is 258 g/mol. The van der Waals surface area contributed by atoms with Gasteiger partial charge in [-0.3, -0.25) is 4.90 Å². The summed E-state index contributed by atoms with van der Waals surface area (Å²) in [5.41, 5.74) is 3.17. The highest BCUT2D eigenvalue weighted by molar-refractivity contribution is 5.57. The Hall–Kier alpha value is -1.02. The average Bonchev–Trinajstić information content (AvgIpc) is 2.85. The highest BCUT2D eigenvalue weighted by Gasteiger charge is 2.32. The van der Waals surface area contributed by atoms with Gasteiger partial charge in [-0.15, -0.1) is 0 Å². The lowest BCUT2D eigenvalue weighted by Gasteiger charge is -2.40. The van der Waals surface area contributed by atoms with Gasteiger partial charge < -0.3 is 4.90 Å². The largest absolute Gasteiger partial charge is 0.368 e. The van der Waals surface area contributed by atoms with E-state index in [9.17, 15) is 0 Å². The molecule has 19 heavy (non-hydrogen) atoms. The minimum Gasteiger partial charge on any atom is -0.368 e. The standard InChI is InChI=1S/C17H26N2/c1-17(2,3)15-8-4-5-9-16(15)19-12-11-18-10-6-7-14(18)13-19/h4-5,8-9,14H,6-7,10-13H2,1-3H3. The minimum atomic E-state index is 0.226. The van der Waals surface area contributed by atoms with Crippen molar-refractivity contribution in [2.45, 2.75) is 45.1 Å². The summed E-state index contributed by atoms with van der Waals surface area (Å²) in [4.78, 5) is 5.29. The topological polar surface area (TPSA) is 6.48 Å². The first-order valence-electron chi connectivity index (χ1n) is 7.64. The Labute approximate surface area is 117 Å². The normalized spacial score (nSPS) is 24.6. The Kier molecular flexibility index (Phi) is 3.30. The van der Waals surface area contributed by atoms with Crippen LogP contribution in [0.5, 0.6) is 0 Å². The quantitative estimate of drug-likeness (QED) is 0.763. The third-order valence-electron chi connectivity index (χ3n) is 4.64. The predicted molar refractivity (Wildman–Crippen MR) is 82.0 cm³/mol. The smallest absolute Gasteiger partial charge is 0.0405 e. The fraction of sp³-hybridized carbons (Fsp3) is 0.647. The lowest BCUT2D eigenvalue weighted by molar-refractivity contribution is 0.230. The zero-order valence-corrected chi connectivity index (χ0v) is 12.5. The van der Waals surface area contributed by atoms with Crippen molar-refractivity contribution < 1.29 is 0 Å². The van der Waals surface area contributed by atoms with Crippen molar-refractivity contribution in [3.63, 3.8) is 0 Å². The number of anilines is 1. The van der Waals surface area contributed by atoms with E-state index < -0.39 is 0 Å². The molecular formula is C17H26N2. The highest BCUT2D eigenvalue weighted by atomic mass is 15.3. The summed E-state index contributed by atoms with van der Waals surface area (Å²) in [7, 11) is 0. The molecule has 0 bridgehead atoms. The van der Waals surface area contributed by atoms with Gasteiger partial charge in [-0.2, -0.15) is 0 Å². The van der Waals surface area contributed by atoms with E-state index in [0.717, 1.165) is 6.04 Å². The van der Waals surface area contributed by atoms with Crippen molar-refractivity contribution in [3.8, 4) is 0 Å². The maximum absolute atomic E-state index is 2.68. The Balaban J connectivity index is 1.86. The van der Waals surface area contributed by atoms with Crippen LogP contribution in [-0.4, -0.2) is 37.1 Å². The van der Waals surface area contributed by atoms with E-state index in [2.05, 4.69) is 54.8 Å². The van der Waals surface area contributed by atoms with Gasteiger partial charge in [-0.25, -0.2) is 0 Å². The van der Waals surface area contributed by atoms with Crippen LogP contribution in [0.2, 0.25) is 0 Å². The van der Waals surface area contributed by atoms with Gasteiger partial charge in [-0.05, 0) is 36.4 Å². The summed E-state index contributed by atoms with van der Waals surface area (Å²) in [5, 5.41) is 0. The van der Waals surface area contributed by atoms with Crippen molar-refractivity contribution >= 4 is 5.69 Å². The average molecular weight is 258 g/mol. The van der Waals surface area contributed by atoms with Crippen LogP contribution >= 0.6 is 0 Å². The second-order valence-corrected chi connectivity index (χ2v) is 7.05. The van der Waals surface area contributed by atoms with Gasteiger partial charge >= 0.3 is 0 Å². The first-order valence-corrected chi connectivity index (χ1v) is 7.64. The fourth-order valence-corrected chi connectivity index (χ4v) is 3.59. The molecule has 2 saturated heterocycles. The molecule has 0 aromatic heterocycles. The molecule has 0 aliphatic carbocycles. The predicted octanol–water partition coefficient (Wildman–Crippen LogP) is 3.27. The number of piperazine rings is 1. The molecule has 3 rings (SSSR count). The van der Waals surface area contributed by atoms with Crippen LogP contribution in [0.25, 0.3) is 0 Å². The van der Waals surface area contributed by atoms with Crippen LogP contribution in [0.3, 0.4) is 0 Å². The fourth-order valence-electron chi connectivity index (χ4n) is 3.59. The summed E-state index contributed by atoms with van der Waals surface area (Å²) in [6.07, 6.45) is 2.77. The summed E-state index contributed by atoms with van der Waals surface area (Å²) in [6.45, 7) is 11.9. The molecule has 1 aromatic carbocycles. The molecule has 2 fully saturated rings. The Morgan fingerprint density at radius 1 is 1.05 bits per heavy atom. The SMILES string of the molecule is CC(C)(C)c1ccccc1N1CCN2CCCC2C1. The van der Waals surface area contributed by atoms with Crippen molar-refractivity contribution in [2.24, 2.45) is 0 Å². The van der Waals surface area contributed by atoms with Crippen LogP contribution < -0.4 is 4.90 Å². The second kappa shape index (κ2) is 4.82. The molecule has 1 atom stereocenters. The number of para-hydroxylation sites is 1. The van der Waals surface area contributed by atoms with Gasteiger partial charge in [0.05, 0.1) is 0 Å². The van der Waals surface area contributed by atoms with Crippen LogP contribution in [0.4, 0.5) is 5.69 Å². The van der Waals surface area contributed by atoms with Crippen LogP contribution in [0, 0.1) is 0 Å². The van der Waals surface area contributed by atoms with Gasteiger partial charge in [0.25, 0.3) is 0 Å². The maximum atomic E-state index is 2.68. The molecule has 1 aromatic rings. The molecule has 0 radical (unpaired) electrons. The minimum absolute atomic E-state index is 0.226. The number of fused-ring (bicyclic) bond motifs is 1. The molecule has 1 unspecified atom stereocenters. The van der Waals surface area contributed by atoms with E-state index in [0.29, 0.717) is 0 Å². The molecule has 0 amide bonds. The van der Waals surface area contributed by atoms with E-state index in [1.54, 1.807) is 0 Å². The van der Waals surface area contributed by atoms with Crippen molar-refractivity contribution in [3.05, 3.63) is 29.8 Å². The number of hydrogen-bond donors (Lipinski definition) is 0. The zero-order valence-electron chi connectivity index (χ0n) is 12.5. The molecular weight excluding hydrogens is 232 g/mol. The summed E-state index contributed by atoms with van der Waals surface area (Å²) < 4.78 is 0. The molecule has 2 heteroatoms. The molecule has 0 N–H and O–H groups in total. The van der Waals surface area contributed by atoms with E-state index in [-0.39, 0.29) is 5.41 Å². The Morgan fingerprint density at radius 3 is 2.63 bits per heavy atom. The third-order valence-corrected chi connectivity index (χ3v) is 4.64. The third kappa shape index (κ3) is 2.51. The van der Waals surface area contributed by atoms with Crippen molar-refractivity contribution in [1.29, 1.82) is 0 Å². The van der Waals surface area contributed by atoms with Crippen LogP contribution in [0.15, 0.2) is 24.3 Å². The van der Waals surface area contributed by atoms with Crippen LogP contribution in [-0.2, 0) is 5.41 Å². The maximum Gasteiger partial charge on any atom is 0.0405 e. The van der Waals surface area contributed by atoms with E-state index in [1.165, 1.54) is 50.3 Å². The van der Waals surface area contributed by atoms with Crippen molar-refractivity contribution in [2.75, 3.05) is 31.1 Å². The van der Waals surface area contributed by atoms with Gasteiger partial charge in [0.2, 0.25) is 0 Å². The Bertz CT molecular complexity index is 447. The summed E-state index contributed by atoms with van der Waals surface area (Å²) >= 11 is 0.